The summed E-state index contributed by atoms with van der Waals surface area (Å²) in [4.78, 5) is 0.189. The summed E-state index contributed by atoms with van der Waals surface area (Å²) in [5.41, 5.74) is 5.46. The van der Waals surface area contributed by atoms with Crippen LogP contribution >= 0.6 is 0 Å². The van der Waals surface area contributed by atoms with E-state index in [1.807, 2.05) is 0 Å². The van der Waals surface area contributed by atoms with Crippen LogP contribution in [0.5, 0.6) is 0 Å². The van der Waals surface area contributed by atoms with E-state index in [0.717, 1.165) is 12.8 Å². The quantitative estimate of drug-likeness (QED) is 0.584. The standard InChI is InChI=1S/C10H17N5O2S/c1-14-7-9(5-13-14)18(16,17)15-4-2-3-8(6-15)10(11)12/h5,7-8H,2-4,6H2,1H3,(H3,11,12). The highest BCUT2D eigenvalue weighted by atomic mass is 32.2. The van der Waals surface area contributed by atoms with E-state index < -0.39 is 10.0 Å². The minimum absolute atomic E-state index is 0.0566. The number of amidine groups is 1. The number of hydrogen-bond donors (Lipinski definition) is 2. The van der Waals surface area contributed by atoms with Gasteiger partial charge in [0.05, 0.1) is 12.0 Å². The predicted molar refractivity (Wildman–Crippen MR) is 66.6 cm³/mol. The van der Waals surface area contributed by atoms with Gasteiger partial charge in [-0.3, -0.25) is 10.1 Å². The highest BCUT2D eigenvalue weighted by Crippen LogP contribution is 2.23. The van der Waals surface area contributed by atoms with Crippen molar-refractivity contribution < 1.29 is 8.42 Å². The molecular formula is C10H17N5O2S. The van der Waals surface area contributed by atoms with Crippen LogP contribution in [-0.2, 0) is 17.1 Å². The number of rotatable bonds is 3. The second-order valence-electron chi connectivity index (χ2n) is 4.51. The van der Waals surface area contributed by atoms with Crippen LogP contribution in [0.25, 0.3) is 0 Å². The van der Waals surface area contributed by atoms with Crippen LogP contribution in [0.2, 0.25) is 0 Å². The molecule has 0 spiro atoms. The molecule has 3 N–H and O–H groups in total. The molecule has 1 aliphatic heterocycles. The Bertz CT molecular complexity index is 550. The maximum atomic E-state index is 12.3. The fraction of sp³-hybridized carbons (Fsp3) is 0.600. The van der Waals surface area contributed by atoms with Crippen molar-refractivity contribution >= 4 is 15.9 Å². The molecule has 1 atom stereocenters. The molecule has 1 aliphatic rings. The normalized spacial score (nSPS) is 21.9. The van der Waals surface area contributed by atoms with Crippen molar-refractivity contribution in [1.82, 2.24) is 14.1 Å². The molecule has 0 aliphatic carbocycles. The lowest BCUT2D eigenvalue weighted by Crippen LogP contribution is -2.43. The van der Waals surface area contributed by atoms with Gasteiger partial charge in [0.25, 0.3) is 0 Å². The van der Waals surface area contributed by atoms with Crippen molar-refractivity contribution in [3.8, 4) is 0 Å². The average molecular weight is 271 g/mol. The van der Waals surface area contributed by atoms with Crippen LogP contribution in [0.1, 0.15) is 12.8 Å². The molecule has 0 amide bonds. The third kappa shape index (κ3) is 2.39. The van der Waals surface area contributed by atoms with Crippen molar-refractivity contribution in [2.24, 2.45) is 18.7 Å². The zero-order chi connectivity index (χ0) is 13.3. The summed E-state index contributed by atoms with van der Waals surface area (Å²) in [5, 5.41) is 11.3. The number of hydrogen-bond acceptors (Lipinski definition) is 4. The van der Waals surface area contributed by atoms with E-state index >= 15 is 0 Å². The first-order valence-electron chi connectivity index (χ1n) is 5.74. The largest absolute Gasteiger partial charge is 0.387 e. The molecule has 1 fully saturated rings. The Morgan fingerprint density at radius 2 is 2.33 bits per heavy atom. The van der Waals surface area contributed by atoms with Gasteiger partial charge in [0.1, 0.15) is 4.90 Å². The van der Waals surface area contributed by atoms with E-state index in [0.29, 0.717) is 6.54 Å². The Morgan fingerprint density at radius 3 is 2.89 bits per heavy atom. The lowest BCUT2D eigenvalue weighted by molar-refractivity contribution is 0.310. The second kappa shape index (κ2) is 4.69. The highest BCUT2D eigenvalue weighted by molar-refractivity contribution is 7.89. The zero-order valence-corrected chi connectivity index (χ0v) is 11.0. The number of aryl methyl sites for hydroxylation is 1. The lowest BCUT2D eigenvalue weighted by atomic mass is 9.99. The van der Waals surface area contributed by atoms with Gasteiger partial charge in [-0.1, -0.05) is 0 Å². The van der Waals surface area contributed by atoms with Crippen LogP contribution < -0.4 is 5.73 Å². The van der Waals surface area contributed by atoms with Crippen LogP contribution in [-0.4, -0.2) is 41.4 Å². The SMILES string of the molecule is Cn1cc(S(=O)(=O)N2CCCC(C(=N)N)C2)cn1. The molecular weight excluding hydrogens is 254 g/mol. The Kier molecular flexibility index (Phi) is 3.40. The molecule has 8 heteroatoms. The number of sulfonamides is 1. The minimum Gasteiger partial charge on any atom is -0.387 e. The first kappa shape index (κ1) is 13.0. The molecule has 1 saturated heterocycles. The van der Waals surface area contributed by atoms with E-state index in [9.17, 15) is 8.42 Å². The van der Waals surface area contributed by atoms with Crippen molar-refractivity contribution in [2.45, 2.75) is 17.7 Å². The molecule has 0 aromatic carbocycles. The van der Waals surface area contributed by atoms with Gasteiger partial charge in [-0.05, 0) is 12.8 Å². The monoisotopic (exact) mass is 271 g/mol. The fourth-order valence-electron chi connectivity index (χ4n) is 2.10. The molecule has 18 heavy (non-hydrogen) atoms. The van der Waals surface area contributed by atoms with Gasteiger partial charge in [0.2, 0.25) is 10.0 Å². The van der Waals surface area contributed by atoms with Crippen LogP contribution in [0.4, 0.5) is 0 Å². The number of nitrogens with zero attached hydrogens (tertiary/aromatic N) is 3. The predicted octanol–water partition coefficient (Wildman–Crippen LogP) is -0.243. The van der Waals surface area contributed by atoms with Crippen molar-refractivity contribution in [3.05, 3.63) is 12.4 Å². The van der Waals surface area contributed by atoms with Gasteiger partial charge in [0, 0.05) is 32.3 Å². The van der Waals surface area contributed by atoms with Gasteiger partial charge in [-0.2, -0.15) is 9.40 Å². The van der Waals surface area contributed by atoms with Gasteiger partial charge in [-0.15, -0.1) is 0 Å². The summed E-state index contributed by atoms with van der Waals surface area (Å²) in [5.74, 6) is -0.119. The van der Waals surface area contributed by atoms with Crippen LogP contribution in [0, 0.1) is 11.3 Å². The number of nitrogens with two attached hydrogens (primary N) is 1. The molecule has 100 valence electrons. The molecule has 1 unspecified atom stereocenters. The van der Waals surface area contributed by atoms with E-state index in [1.54, 1.807) is 7.05 Å². The van der Waals surface area contributed by atoms with Crippen LogP contribution in [0.15, 0.2) is 17.3 Å². The first-order valence-corrected chi connectivity index (χ1v) is 7.18. The molecule has 2 rings (SSSR count). The fourth-order valence-corrected chi connectivity index (χ4v) is 3.61. The summed E-state index contributed by atoms with van der Waals surface area (Å²) in [7, 11) is -1.84. The topological polar surface area (TPSA) is 105 Å². The van der Waals surface area contributed by atoms with Gasteiger partial charge in [-0.25, -0.2) is 8.42 Å². The summed E-state index contributed by atoms with van der Waals surface area (Å²) in [6, 6.07) is 0. The van der Waals surface area contributed by atoms with Gasteiger partial charge < -0.3 is 5.73 Å². The molecule has 1 aromatic rings. The highest BCUT2D eigenvalue weighted by Gasteiger charge is 2.31. The third-order valence-corrected chi connectivity index (χ3v) is 4.96. The smallest absolute Gasteiger partial charge is 0.246 e. The Hall–Kier alpha value is -1.41. The molecule has 0 radical (unpaired) electrons. The average Bonchev–Trinajstić information content (AvgIpc) is 2.77. The second-order valence-corrected chi connectivity index (χ2v) is 6.45. The summed E-state index contributed by atoms with van der Waals surface area (Å²) < 4.78 is 27.5. The van der Waals surface area contributed by atoms with Crippen LogP contribution in [0.3, 0.4) is 0 Å². The number of nitrogens with one attached hydrogen (secondary N) is 1. The Labute approximate surface area is 106 Å². The lowest BCUT2D eigenvalue weighted by Gasteiger charge is -2.30. The third-order valence-electron chi connectivity index (χ3n) is 3.14. The Morgan fingerprint density at radius 1 is 1.61 bits per heavy atom. The zero-order valence-electron chi connectivity index (χ0n) is 10.2. The van der Waals surface area contributed by atoms with Crippen molar-refractivity contribution in [1.29, 1.82) is 5.41 Å². The maximum absolute atomic E-state index is 12.3. The van der Waals surface area contributed by atoms with Gasteiger partial charge in [0.15, 0.2) is 0 Å². The molecule has 0 bridgehead atoms. The number of piperidine rings is 1. The molecule has 0 saturated carbocycles. The van der Waals surface area contributed by atoms with E-state index in [2.05, 4.69) is 5.10 Å². The van der Waals surface area contributed by atoms with Crippen molar-refractivity contribution in [2.75, 3.05) is 13.1 Å². The molecule has 1 aromatic heterocycles. The van der Waals surface area contributed by atoms with E-state index in [1.165, 1.54) is 21.4 Å². The minimum atomic E-state index is -3.51. The van der Waals surface area contributed by atoms with Gasteiger partial charge >= 0.3 is 0 Å². The number of aromatic nitrogens is 2. The van der Waals surface area contributed by atoms with E-state index in [-0.39, 0.29) is 23.2 Å². The summed E-state index contributed by atoms with van der Waals surface area (Å²) in [6.07, 6.45) is 4.32. The maximum Gasteiger partial charge on any atom is 0.246 e. The molecule has 7 nitrogen and oxygen atoms in total. The molecule has 2 heterocycles. The first-order chi connectivity index (χ1) is 8.41. The van der Waals surface area contributed by atoms with E-state index in [4.69, 9.17) is 11.1 Å². The summed E-state index contributed by atoms with van der Waals surface area (Å²) >= 11 is 0. The summed E-state index contributed by atoms with van der Waals surface area (Å²) in [6.45, 7) is 0.758. The van der Waals surface area contributed by atoms with Crippen molar-refractivity contribution in [3.63, 3.8) is 0 Å². The Balaban J connectivity index is 2.22.